The fourth-order valence-corrected chi connectivity index (χ4v) is 2.62. The van der Waals surface area contributed by atoms with Gasteiger partial charge in [0.05, 0.1) is 0 Å². The van der Waals surface area contributed by atoms with Crippen LogP contribution in [0.25, 0.3) is 0 Å². The first kappa shape index (κ1) is 12.4. The molecule has 1 N–H and O–H groups in total. The molecule has 16 heavy (non-hydrogen) atoms. The zero-order valence-corrected chi connectivity index (χ0v) is 11.0. The molecule has 2 aliphatic rings. The van der Waals surface area contributed by atoms with Crippen LogP contribution in [0, 0.1) is 5.92 Å². The Morgan fingerprint density at radius 1 is 1.19 bits per heavy atom. The van der Waals surface area contributed by atoms with E-state index in [0.29, 0.717) is 0 Å². The van der Waals surface area contributed by atoms with Gasteiger partial charge in [0.25, 0.3) is 0 Å². The van der Waals surface area contributed by atoms with E-state index in [1.54, 1.807) is 0 Å². The van der Waals surface area contributed by atoms with Gasteiger partial charge in [-0.15, -0.1) is 0 Å². The van der Waals surface area contributed by atoms with E-state index >= 15 is 0 Å². The van der Waals surface area contributed by atoms with E-state index in [1.807, 2.05) is 0 Å². The fourth-order valence-electron chi connectivity index (χ4n) is 2.62. The SMILES string of the molecule is CCCC(CN(CC1CC1)C1CC1)NCC. The summed E-state index contributed by atoms with van der Waals surface area (Å²) in [6.07, 6.45) is 8.53. The molecule has 0 spiro atoms. The van der Waals surface area contributed by atoms with Gasteiger partial charge in [-0.3, -0.25) is 4.90 Å². The highest BCUT2D eigenvalue weighted by Crippen LogP contribution is 2.34. The largest absolute Gasteiger partial charge is 0.313 e. The zero-order chi connectivity index (χ0) is 11.4. The van der Waals surface area contributed by atoms with Crippen LogP contribution in [0.15, 0.2) is 0 Å². The van der Waals surface area contributed by atoms with Crippen molar-refractivity contribution < 1.29 is 0 Å². The lowest BCUT2D eigenvalue weighted by Crippen LogP contribution is -2.42. The standard InChI is InChI=1S/C14H28N2/c1-3-5-13(15-4-2)11-16(14-8-9-14)10-12-6-7-12/h12-15H,3-11H2,1-2H3. The minimum absolute atomic E-state index is 0.731. The molecule has 94 valence electrons. The van der Waals surface area contributed by atoms with Crippen molar-refractivity contribution in [3.05, 3.63) is 0 Å². The maximum absolute atomic E-state index is 3.65. The third-order valence-corrected chi connectivity index (χ3v) is 3.84. The summed E-state index contributed by atoms with van der Waals surface area (Å²) >= 11 is 0. The first-order valence-corrected chi connectivity index (χ1v) is 7.30. The smallest absolute Gasteiger partial charge is 0.0194 e. The molecule has 2 aliphatic carbocycles. The van der Waals surface area contributed by atoms with Crippen LogP contribution in [0.5, 0.6) is 0 Å². The van der Waals surface area contributed by atoms with Crippen molar-refractivity contribution in [1.29, 1.82) is 0 Å². The molecule has 1 atom stereocenters. The van der Waals surface area contributed by atoms with E-state index in [0.717, 1.165) is 24.5 Å². The lowest BCUT2D eigenvalue weighted by atomic mass is 10.1. The van der Waals surface area contributed by atoms with Crippen LogP contribution in [0.2, 0.25) is 0 Å². The molecule has 2 rings (SSSR count). The Balaban J connectivity index is 1.76. The monoisotopic (exact) mass is 224 g/mol. The maximum atomic E-state index is 3.65. The van der Waals surface area contributed by atoms with Gasteiger partial charge < -0.3 is 5.32 Å². The molecular weight excluding hydrogens is 196 g/mol. The molecule has 2 fully saturated rings. The Kier molecular flexibility index (Phi) is 4.66. The maximum Gasteiger partial charge on any atom is 0.0194 e. The number of nitrogens with one attached hydrogen (secondary N) is 1. The second-order valence-corrected chi connectivity index (χ2v) is 5.67. The Morgan fingerprint density at radius 2 is 1.94 bits per heavy atom. The molecule has 2 heteroatoms. The lowest BCUT2D eigenvalue weighted by molar-refractivity contribution is 0.219. The van der Waals surface area contributed by atoms with Crippen molar-refractivity contribution in [2.24, 2.45) is 5.92 Å². The predicted molar refractivity (Wildman–Crippen MR) is 69.7 cm³/mol. The van der Waals surface area contributed by atoms with Crippen molar-refractivity contribution in [2.45, 2.75) is 64.5 Å². The first-order valence-electron chi connectivity index (χ1n) is 7.30. The molecule has 0 aromatic rings. The van der Waals surface area contributed by atoms with Gasteiger partial charge in [-0.25, -0.2) is 0 Å². The van der Waals surface area contributed by atoms with Crippen molar-refractivity contribution in [2.75, 3.05) is 19.6 Å². The molecule has 0 bridgehead atoms. The second kappa shape index (κ2) is 6.02. The van der Waals surface area contributed by atoms with Crippen LogP contribution >= 0.6 is 0 Å². The quantitative estimate of drug-likeness (QED) is 0.648. The van der Waals surface area contributed by atoms with E-state index < -0.39 is 0 Å². The molecule has 0 radical (unpaired) electrons. The Morgan fingerprint density at radius 3 is 2.44 bits per heavy atom. The molecule has 1 unspecified atom stereocenters. The predicted octanol–water partition coefficient (Wildman–Crippen LogP) is 2.64. The highest BCUT2D eigenvalue weighted by Gasteiger charge is 2.34. The van der Waals surface area contributed by atoms with Gasteiger partial charge in [0.1, 0.15) is 0 Å². The molecule has 2 nitrogen and oxygen atoms in total. The van der Waals surface area contributed by atoms with Crippen LogP contribution in [-0.4, -0.2) is 36.6 Å². The van der Waals surface area contributed by atoms with Crippen molar-refractivity contribution in [3.8, 4) is 0 Å². The molecule has 0 amide bonds. The summed E-state index contributed by atoms with van der Waals surface area (Å²) < 4.78 is 0. The van der Waals surface area contributed by atoms with Crippen LogP contribution in [-0.2, 0) is 0 Å². The molecule has 0 aliphatic heterocycles. The van der Waals surface area contributed by atoms with Gasteiger partial charge in [0.2, 0.25) is 0 Å². The summed E-state index contributed by atoms with van der Waals surface area (Å²) in [5.74, 6) is 1.05. The lowest BCUT2D eigenvalue weighted by Gasteiger charge is -2.28. The molecule has 0 aromatic carbocycles. The first-order chi connectivity index (χ1) is 7.83. The van der Waals surface area contributed by atoms with Crippen molar-refractivity contribution >= 4 is 0 Å². The summed E-state index contributed by atoms with van der Waals surface area (Å²) in [6.45, 7) is 8.32. The Bertz CT molecular complexity index is 191. The van der Waals surface area contributed by atoms with Gasteiger partial charge in [-0.1, -0.05) is 20.3 Å². The number of rotatable bonds is 9. The molecule has 0 aromatic heterocycles. The third kappa shape index (κ3) is 4.06. The summed E-state index contributed by atoms with van der Waals surface area (Å²) in [4.78, 5) is 2.78. The van der Waals surface area contributed by atoms with E-state index in [-0.39, 0.29) is 0 Å². The minimum atomic E-state index is 0.731. The average molecular weight is 224 g/mol. The zero-order valence-electron chi connectivity index (χ0n) is 11.0. The van der Waals surface area contributed by atoms with Crippen LogP contribution in [0.1, 0.15) is 52.4 Å². The summed E-state index contributed by atoms with van der Waals surface area (Å²) in [5.41, 5.74) is 0. The van der Waals surface area contributed by atoms with Crippen LogP contribution < -0.4 is 5.32 Å². The van der Waals surface area contributed by atoms with E-state index in [4.69, 9.17) is 0 Å². The highest BCUT2D eigenvalue weighted by atomic mass is 15.2. The minimum Gasteiger partial charge on any atom is -0.313 e. The van der Waals surface area contributed by atoms with Gasteiger partial charge in [-0.05, 0) is 44.6 Å². The number of nitrogens with zero attached hydrogens (tertiary/aromatic N) is 1. The number of likely N-dealkylation sites (N-methyl/N-ethyl adjacent to an activating group) is 1. The Labute approximate surface area is 101 Å². The van der Waals surface area contributed by atoms with Gasteiger partial charge in [0, 0.05) is 25.2 Å². The van der Waals surface area contributed by atoms with Crippen LogP contribution in [0.3, 0.4) is 0 Å². The van der Waals surface area contributed by atoms with Gasteiger partial charge in [-0.2, -0.15) is 0 Å². The topological polar surface area (TPSA) is 15.3 Å². The number of hydrogen-bond donors (Lipinski definition) is 1. The van der Waals surface area contributed by atoms with Crippen LogP contribution in [0.4, 0.5) is 0 Å². The summed E-state index contributed by atoms with van der Waals surface area (Å²) in [6, 6.07) is 1.67. The van der Waals surface area contributed by atoms with E-state index in [9.17, 15) is 0 Å². The van der Waals surface area contributed by atoms with E-state index in [1.165, 1.54) is 51.6 Å². The highest BCUT2D eigenvalue weighted by molar-refractivity contribution is 4.90. The molecule has 0 saturated heterocycles. The Hall–Kier alpha value is -0.0800. The van der Waals surface area contributed by atoms with Gasteiger partial charge in [0.15, 0.2) is 0 Å². The normalized spacial score (nSPS) is 22.7. The molecule has 0 heterocycles. The summed E-state index contributed by atoms with van der Waals surface area (Å²) in [5, 5.41) is 3.65. The molecular formula is C14H28N2. The molecule has 2 saturated carbocycles. The summed E-state index contributed by atoms with van der Waals surface area (Å²) in [7, 11) is 0. The average Bonchev–Trinajstić information content (AvgIpc) is 3.12. The second-order valence-electron chi connectivity index (χ2n) is 5.67. The third-order valence-electron chi connectivity index (χ3n) is 3.84. The van der Waals surface area contributed by atoms with Crippen molar-refractivity contribution in [1.82, 2.24) is 10.2 Å². The number of hydrogen-bond acceptors (Lipinski definition) is 2. The fraction of sp³-hybridized carbons (Fsp3) is 1.00. The van der Waals surface area contributed by atoms with Crippen molar-refractivity contribution in [3.63, 3.8) is 0 Å². The van der Waals surface area contributed by atoms with E-state index in [2.05, 4.69) is 24.1 Å². The van der Waals surface area contributed by atoms with Gasteiger partial charge >= 0.3 is 0 Å².